The van der Waals surface area contributed by atoms with E-state index in [-0.39, 0.29) is 5.91 Å². The summed E-state index contributed by atoms with van der Waals surface area (Å²) in [6.45, 7) is 0.957. The highest BCUT2D eigenvalue weighted by Crippen LogP contribution is 2.37. The van der Waals surface area contributed by atoms with Crippen LogP contribution in [-0.4, -0.2) is 31.5 Å². The van der Waals surface area contributed by atoms with Gasteiger partial charge in [0.05, 0.1) is 5.69 Å². The second kappa shape index (κ2) is 5.50. The van der Waals surface area contributed by atoms with Crippen LogP contribution in [0.3, 0.4) is 0 Å². The summed E-state index contributed by atoms with van der Waals surface area (Å²) >= 11 is 5.36. The molecule has 0 aromatic heterocycles. The molecule has 1 atom stereocenters. The molecule has 6 heteroatoms. The number of carbonyl (C=O) groups is 1. The average Bonchev–Trinajstić information content (AvgIpc) is 2.62. The van der Waals surface area contributed by atoms with Gasteiger partial charge in [0.15, 0.2) is 0 Å². The van der Waals surface area contributed by atoms with Crippen molar-refractivity contribution >= 4 is 45.0 Å². The number of thioether (sulfide) groups is 1. The van der Waals surface area contributed by atoms with Crippen molar-refractivity contribution in [3.63, 3.8) is 0 Å². The molecule has 1 unspecified atom stereocenters. The van der Waals surface area contributed by atoms with Gasteiger partial charge in [-0.25, -0.2) is 0 Å². The minimum Gasteiger partial charge on any atom is -0.373 e. The molecule has 4 nitrogen and oxygen atoms in total. The fourth-order valence-corrected chi connectivity index (χ4v) is 3.06. The first-order valence-corrected chi connectivity index (χ1v) is 7.83. The number of hydrogen-bond acceptors (Lipinski definition) is 4. The van der Waals surface area contributed by atoms with Crippen LogP contribution in [0, 0.1) is 0 Å². The van der Waals surface area contributed by atoms with Crippen LogP contribution in [0.15, 0.2) is 16.6 Å². The molecule has 0 saturated carbocycles. The molecule has 0 spiro atoms. The molecule has 98 valence electrons. The first-order valence-electron chi connectivity index (χ1n) is 5.64. The van der Waals surface area contributed by atoms with Crippen LogP contribution in [0.2, 0.25) is 0 Å². The first kappa shape index (κ1) is 13.7. The van der Waals surface area contributed by atoms with Crippen molar-refractivity contribution in [2.24, 2.45) is 5.73 Å². The topological polar surface area (TPSA) is 58.4 Å². The molecule has 1 aliphatic rings. The molecule has 0 radical (unpaired) electrons. The van der Waals surface area contributed by atoms with E-state index in [0.717, 1.165) is 33.7 Å². The molecular weight excluding hydrogens is 314 g/mol. The Morgan fingerprint density at radius 1 is 1.56 bits per heavy atom. The molecule has 1 aromatic carbocycles. The number of amides is 1. The Morgan fingerprint density at radius 3 is 2.94 bits per heavy atom. The van der Waals surface area contributed by atoms with Gasteiger partial charge in [-0.2, -0.15) is 11.8 Å². The monoisotopic (exact) mass is 329 g/mol. The van der Waals surface area contributed by atoms with E-state index in [2.05, 4.69) is 32.4 Å². The van der Waals surface area contributed by atoms with Crippen molar-refractivity contribution in [2.75, 3.05) is 35.8 Å². The lowest BCUT2D eigenvalue weighted by atomic mass is 10.1. The SMILES string of the molecule is CSCCN(C)c1cc2c(cc1Br)C(N)C(=O)N2. The number of nitrogens with two attached hydrogens (primary N) is 1. The Kier molecular flexibility index (Phi) is 4.19. The molecule has 1 aromatic rings. The average molecular weight is 330 g/mol. The predicted molar refractivity (Wildman–Crippen MR) is 81.4 cm³/mol. The van der Waals surface area contributed by atoms with Gasteiger partial charge >= 0.3 is 0 Å². The van der Waals surface area contributed by atoms with E-state index in [1.807, 2.05) is 30.9 Å². The van der Waals surface area contributed by atoms with Crippen LogP contribution < -0.4 is 16.0 Å². The molecule has 0 saturated heterocycles. The van der Waals surface area contributed by atoms with E-state index >= 15 is 0 Å². The van der Waals surface area contributed by atoms with E-state index in [9.17, 15) is 4.79 Å². The van der Waals surface area contributed by atoms with Crippen LogP contribution >= 0.6 is 27.7 Å². The lowest BCUT2D eigenvalue weighted by molar-refractivity contribution is -0.116. The summed E-state index contributed by atoms with van der Waals surface area (Å²) < 4.78 is 0.969. The van der Waals surface area contributed by atoms with Gasteiger partial charge in [0, 0.05) is 35.1 Å². The van der Waals surface area contributed by atoms with E-state index in [1.54, 1.807) is 0 Å². The maximum absolute atomic E-state index is 11.5. The van der Waals surface area contributed by atoms with E-state index in [4.69, 9.17) is 5.73 Å². The minimum absolute atomic E-state index is 0.138. The fourth-order valence-electron chi connectivity index (χ4n) is 1.94. The van der Waals surface area contributed by atoms with Crippen molar-refractivity contribution in [1.82, 2.24) is 0 Å². The van der Waals surface area contributed by atoms with Crippen LogP contribution in [0.4, 0.5) is 11.4 Å². The van der Waals surface area contributed by atoms with Crippen LogP contribution in [0.1, 0.15) is 11.6 Å². The van der Waals surface area contributed by atoms with Crippen molar-refractivity contribution < 1.29 is 4.79 Å². The number of rotatable bonds is 4. The Balaban J connectivity index is 2.29. The summed E-state index contributed by atoms with van der Waals surface area (Å²) in [6, 6.07) is 3.36. The highest BCUT2D eigenvalue weighted by atomic mass is 79.9. The number of hydrogen-bond donors (Lipinski definition) is 2. The summed E-state index contributed by atoms with van der Waals surface area (Å²) in [6.07, 6.45) is 2.09. The maximum Gasteiger partial charge on any atom is 0.245 e. The Labute approximate surface area is 119 Å². The predicted octanol–water partition coefficient (Wildman–Crippen LogP) is 2.20. The molecule has 0 aliphatic carbocycles. The van der Waals surface area contributed by atoms with Crippen molar-refractivity contribution in [3.05, 3.63) is 22.2 Å². The maximum atomic E-state index is 11.5. The largest absolute Gasteiger partial charge is 0.373 e. The first-order chi connectivity index (χ1) is 8.54. The van der Waals surface area contributed by atoms with Crippen LogP contribution in [0.5, 0.6) is 0 Å². The molecule has 1 heterocycles. The molecule has 1 aliphatic heterocycles. The third-order valence-electron chi connectivity index (χ3n) is 3.04. The zero-order valence-electron chi connectivity index (χ0n) is 10.4. The Bertz CT molecular complexity index is 481. The molecule has 3 N–H and O–H groups in total. The van der Waals surface area contributed by atoms with Gasteiger partial charge in [-0.3, -0.25) is 4.79 Å². The van der Waals surface area contributed by atoms with Crippen molar-refractivity contribution in [2.45, 2.75) is 6.04 Å². The minimum atomic E-state index is -0.554. The number of benzene rings is 1. The zero-order chi connectivity index (χ0) is 13.3. The second-order valence-corrected chi connectivity index (χ2v) is 6.11. The highest BCUT2D eigenvalue weighted by molar-refractivity contribution is 9.10. The van der Waals surface area contributed by atoms with E-state index < -0.39 is 6.04 Å². The third kappa shape index (κ3) is 2.50. The van der Waals surface area contributed by atoms with Crippen LogP contribution in [0.25, 0.3) is 0 Å². The molecule has 1 amide bonds. The van der Waals surface area contributed by atoms with Gasteiger partial charge in [-0.1, -0.05) is 0 Å². The lowest BCUT2D eigenvalue weighted by Crippen LogP contribution is -2.20. The highest BCUT2D eigenvalue weighted by Gasteiger charge is 2.28. The second-order valence-electron chi connectivity index (χ2n) is 4.27. The van der Waals surface area contributed by atoms with Crippen LogP contribution in [-0.2, 0) is 4.79 Å². The Morgan fingerprint density at radius 2 is 2.28 bits per heavy atom. The molecule has 0 bridgehead atoms. The zero-order valence-corrected chi connectivity index (χ0v) is 12.8. The Hall–Kier alpha value is -0.720. The normalized spacial score (nSPS) is 17.6. The van der Waals surface area contributed by atoms with Gasteiger partial charge in [-0.05, 0) is 34.3 Å². The number of nitrogens with zero attached hydrogens (tertiary/aromatic N) is 1. The smallest absolute Gasteiger partial charge is 0.245 e. The standard InChI is InChI=1S/C12H16BrN3OS/c1-16(3-4-18-2)10-6-9-7(5-8(10)13)11(14)12(17)15-9/h5-6,11H,3-4,14H2,1-2H3,(H,15,17). The lowest BCUT2D eigenvalue weighted by Gasteiger charge is -2.21. The van der Waals surface area contributed by atoms with Gasteiger partial charge in [0.1, 0.15) is 6.04 Å². The molecule has 0 fully saturated rings. The summed E-state index contributed by atoms with van der Waals surface area (Å²) in [5.41, 5.74) is 8.56. The number of nitrogens with one attached hydrogen (secondary N) is 1. The van der Waals surface area contributed by atoms with E-state index in [1.165, 1.54) is 0 Å². The third-order valence-corrected chi connectivity index (χ3v) is 4.26. The fraction of sp³-hybridized carbons (Fsp3) is 0.417. The van der Waals surface area contributed by atoms with Gasteiger partial charge in [0.25, 0.3) is 0 Å². The van der Waals surface area contributed by atoms with E-state index in [0.29, 0.717) is 0 Å². The number of carbonyl (C=O) groups excluding carboxylic acids is 1. The van der Waals surface area contributed by atoms with Crippen molar-refractivity contribution in [3.8, 4) is 0 Å². The van der Waals surface area contributed by atoms with Gasteiger partial charge in [-0.15, -0.1) is 0 Å². The number of fused-ring (bicyclic) bond motifs is 1. The quantitative estimate of drug-likeness (QED) is 0.889. The summed E-state index contributed by atoms with van der Waals surface area (Å²) in [7, 11) is 2.04. The molecule has 18 heavy (non-hydrogen) atoms. The molecule has 2 rings (SSSR count). The van der Waals surface area contributed by atoms with Gasteiger partial charge in [0.2, 0.25) is 5.91 Å². The van der Waals surface area contributed by atoms with Gasteiger partial charge < -0.3 is 16.0 Å². The molecular formula is C12H16BrN3OS. The summed E-state index contributed by atoms with van der Waals surface area (Å²) in [4.78, 5) is 13.7. The summed E-state index contributed by atoms with van der Waals surface area (Å²) in [5, 5.41) is 2.81. The number of anilines is 2. The van der Waals surface area contributed by atoms with Crippen molar-refractivity contribution in [1.29, 1.82) is 0 Å². The number of halogens is 1. The summed E-state index contributed by atoms with van der Waals surface area (Å²) in [5.74, 6) is 0.923.